The van der Waals surface area contributed by atoms with Crippen molar-refractivity contribution in [3.8, 4) is 22.8 Å². The Morgan fingerprint density at radius 3 is 2.05 bits per heavy atom. The van der Waals surface area contributed by atoms with Crippen molar-refractivity contribution in [3.05, 3.63) is 143 Å². The predicted octanol–water partition coefficient (Wildman–Crippen LogP) is 8.97. The van der Waals surface area contributed by atoms with Gasteiger partial charge in [-0.3, -0.25) is 0 Å². The highest BCUT2D eigenvalue weighted by atomic mass is 16.5. The normalized spacial score (nSPS) is 11.5. The molecule has 5 aromatic rings. The number of anilines is 1. The molecule has 0 aliphatic carbocycles. The average molecular weight is 585 g/mol. The van der Waals surface area contributed by atoms with Crippen molar-refractivity contribution in [3.63, 3.8) is 0 Å². The van der Waals surface area contributed by atoms with E-state index in [0.717, 1.165) is 44.8 Å². The summed E-state index contributed by atoms with van der Waals surface area (Å²) in [4.78, 5) is 4.65. The molecule has 0 saturated heterocycles. The van der Waals surface area contributed by atoms with Gasteiger partial charge in [0, 0.05) is 28.6 Å². The van der Waals surface area contributed by atoms with Gasteiger partial charge in [-0.25, -0.2) is 4.98 Å². The molecule has 0 spiro atoms. The SMILES string of the molecule is CC(C)(C)c1cc(/C=C/c2ccc(N)cc2)c(OCCOCc2ccccc2)c(-c2cccnc2OCc2ccccc2)c1. The van der Waals surface area contributed by atoms with Crippen molar-refractivity contribution in [2.75, 3.05) is 18.9 Å². The number of nitrogens with two attached hydrogens (primary N) is 1. The summed E-state index contributed by atoms with van der Waals surface area (Å²) in [5.74, 6) is 1.31. The number of rotatable bonds is 12. The second-order valence-corrected chi connectivity index (χ2v) is 11.7. The molecule has 1 aromatic heterocycles. The molecule has 0 amide bonds. The van der Waals surface area contributed by atoms with E-state index in [4.69, 9.17) is 19.9 Å². The minimum absolute atomic E-state index is 0.108. The van der Waals surface area contributed by atoms with E-state index in [0.29, 0.717) is 32.3 Å². The van der Waals surface area contributed by atoms with Crippen molar-refractivity contribution in [1.29, 1.82) is 0 Å². The Kier molecular flexibility index (Phi) is 10.1. The van der Waals surface area contributed by atoms with Crippen LogP contribution in [-0.2, 0) is 23.4 Å². The molecule has 0 fully saturated rings. The monoisotopic (exact) mass is 584 g/mol. The molecule has 5 rings (SSSR count). The highest BCUT2D eigenvalue weighted by Crippen LogP contribution is 2.42. The lowest BCUT2D eigenvalue weighted by atomic mass is 9.83. The molecule has 0 saturated carbocycles. The number of nitrogens with zero attached hydrogens (tertiary/aromatic N) is 1. The van der Waals surface area contributed by atoms with Crippen LogP contribution in [0, 0.1) is 0 Å². The lowest BCUT2D eigenvalue weighted by Gasteiger charge is -2.24. The van der Waals surface area contributed by atoms with Crippen molar-refractivity contribution in [2.45, 2.75) is 39.4 Å². The van der Waals surface area contributed by atoms with Gasteiger partial charge in [-0.2, -0.15) is 0 Å². The highest BCUT2D eigenvalue weighted by Gasteiger charge is 2.22. The van der Waals surface area contributed by atoms with E-state index in [-0.39, 0.29) is 5.41 Å². The standard InChI is InChI=1S/C39H40N2O3/c1-39(2,3)33-25-32(19-16-29-17-20-34(40)21-18-29)37(43-24-23-42-27-30-11-6-4-7-12-30)36(26-33)35-15-10-22-41-38(35)44-28-31-13-8-5-9-14-31/h4-22,25-26H,23-24,27-28,40H2,1-3H3/b19-16+. The van der Waals surface area contributed by atoms with Gasteiger partial charge in [-0.1, -0.05) is 106 Å². The summed E-state index contributed by atoms with van der Waals surface area (Å²) in [6.45, 7) is 8.43. The molecule has 0 bridgehead atoms. The Hall–Kier alpha value is -4.87. The van der Waals surface area contributed by atoms with E-state index in [9.17, 15) is 0 Å². The number of pyridine rings is 1. The van der Waals surface area contributed by atoms with Crippen LogP contribution >= 0.6 is 0 Å². The summed E-state index contributed by atoms with van der Waals surface area (Å²) in [7, 11) is 0. The summed E-state index contributed by atoms with van der Waals surface area (Å²) in [5, 5.41) is 0. The molecule has 4 aromatic carbocycles. The maximum Gasteiger partial charge on any atom is 0.221 e. The summed E-state index contributed by atoms with van der Waals surface area (Å²) in [6, 6.07) is 36.5. The molecular formula is C39H40N2O3. The third-order valence-corrected chi connectivity index (χ3v) is 7.24. The van der Waals surface area contributed by atoms with Gasteiger partial charge < -0.3 is 19.9 Å². The lowest BCUT2D eigenvalue weighted by molar-refractivity contribution is 0.0890. The Morgan fingerprint density at radius 2 is 1.36 bits per heavy atom. The maximum atomic E-state index is 6.57. The fraction of sp³-hybridized carbons (Fsp3) is 0.205. The van der Waals surface area contributed by atoms with E-state index in [1.165, 1.54) is 5.56 Å². The van der Waals surface area contributed by atoms with Gasteiger partial charge in [0.25, 0.3) is 0 Å². The molecule has 5 heteroatoms. The summed E-state index contributed by atoms with van der Waals surface area (Å²) < 4.78 is 18.8. The topological polar surface area (TPSA) is 66.6 Å². The fourth-order valence-electron chi connectivity index (χ4n) is 4.77. The first-order chi connectivity index (χ1) is 21.4. The molecule has 0 unspecified atom stereocenters. The van der Waals surface area contributed by atoms with Gasteiger partial charge in [-0.15, -0.1) is 0 Å². The summed E-state index contributed by atoms with van der Waals surface area (Å²) in [6.07, 6.45) is 5.95. The smallest absolute Gasteiger partial charge is 0.221 e. The van der Waals surface area contributed by atoms with Crippen LogP contribution in [0.2, 0.25) is 0 Å². The van der Waals surface area contributed by atoms with Crippen LogP contribution < -0.4 is 15.2 Å². The fourth-order valence-corrected chi connectivity index (χ4v) is 4.77. The zero-order valence-corrected chi connectivity index (χ0v) is 25.7. The predicted molar refractivity (Wildman–Crippen MR) is 181 cm³/mol. The number of benzene rings is 4. The van der Waals surface area contributed by atoms with Crippen LogP contribution in [0.15, 0.2) is 115 Å². The van der Waals surface area contributed by atoms with Gasteiger partial charge in [0.15, 0.2) is 0 Å². The minimum atomic E-state index is -0.108. The van der Waals surface area contributed by atoms with Crippen molar-refractivity contribution >= 4 is 17.8 Å². The van der Waals surface area contributed by atoms with Crippen LogP contribution in [0.25, 0.3) is 23.3 Å². The van der Waals surface area contributed by atoms with Crippen LogP contribution in [-0.4, -0.2) is 18.2 Å². The second kappa shape index (κ2) is 14.5. The third kappa shape index (κ3) is 8.36. The summed E-state index contributed by atoms with van der Waals surface area (Å²) in [5.41, 5.74) is 13.7. The van der Waals surface area contributed by atoms with Crippen LogP contribution in [0.1, 0.15) is 48.6 Å². The Bertz CT molecular complexity index is 1660. The Labute approximate surface area is 261 Å². The molecule has 0 aliphatic rings. The number of nitrogen functional groups attached to an aromatic ring is 1. The van der Waals surface area contributed by atoms with E-state index in [1.54, 1.807) is 6.20 Å². The molecule has 44 heavy (non-hydrogen) atoms. The lowest BCUT2D eigenvalue weighted by Crippen LogP contribution is -2.13. The molecule has 0 radical (unpaired) electrons. The van der Waals surface area contributed by atoms with Gasteiger partial charge >= 0.3 is 0 Å². The molecular weight excluding hydrogens is 544 g/mol. The molecule has 2 N–H and O–H groups in total. The number of aromatic nitrogens is 1. The largest absolute Gasteiger partial charge is 0.490 e. The van der Waals surface area contributed by atoms with Gasteiger partial charge in [0.05, 0.1) is 13.2 Å². The first-order valence-corrected chi connectivity index (χ1v) is 15.0. The van der Waals surface area contributed by atoms with E-state index < -0.39 is 0 Å². The maximum absolute atomic E-state index is 6.57. The van der Waals surface area contributed by atoms with Gasteiger partial charge in [0.2, 0.25) is 5.88 Å². The quantitative estimate of drug-likeness (QED) is 0.0901. The molecule has 0 atom stereocenters. The molecule has 5 nitrogen and oxygen atoms in total. The number of ether oxygens (including phenoxy) is 3. The van der Waals surface area contributed by atoms with Crippen LogP contribution in [0.3, 0.4) is 0 Å². The average Bonchev–Trinajstić information content (AvgIpc) is 3.04. The van der Waals surface area contributed by atoms with Gasteiger partial charge in [-0.05, 0) is 64.1 Å². The Balaban J connectivity index is 1.51. The van der Waals surface area contributed by atoms with E-state index in [2.05, 4.69) is 62.2 Å². The van der Waals surface area contributed by atoms with Crippen LogP contribution in [0.5, 0.6) is 11.6 Å². The van der Waals surface area contributed by atoms with Crippen molar-refractivity contribution in [1.82, 2.24) is 4.98 Å². The third-order valence-electron chi connectivity index (χ3n) is 7.24. The molecule has 0 aliphatic heterocycles. The minimum Gasteiger partial charge on any atom is -0.490 e. The zero-order chi connectivity index (χ0) is 30.8. The first-order valence-electron chi connectivity index (χ1n) is 15.0. The van der Waals surface area contributed by atoms with Gasteiger partial charge in [0.1, 0.15) is 19.0 Å². The summed E-state index contributed by atoms with van der Waals surface area (Å²) >= 11 is 0. The van der Waals surface area contributed by atoms with E-state index in [1.807, 2.05) is 84.9 Å². The molecule has 224 valence electrons. The van der Waals surface area contributed by atoms with Crippen LogP contribution in [0.4, 0.5) is 5.69 Å². The molecule has 1 heterocycles. The van der Waals surface area contributed by atoms with Crippen molar-refractivity contribution < 1.29 is 14.2 Å². The zero-order valence-electron chi connectivity index (χ0n) is 25.7. The second-order valence-electron chi connectivity index (χ2n) is 11.7. The Morgan fingerprint density at radius 1 is 0.682 bits per heavy atom. The van der Waals surface area contributed by atoms with Crippen molar-refractivity contribution in [2.24, 2.45) is 0 Å². The number of hydrogen-bond donors (Lipinski definition) is 1. The highest BCUT2D eigenvalue weighted by molar-refractivity contribution is 5.83. The first kappa shape index (κ1) is 30.6. The number of hydrogen-bond acceptors (Lipinski definition) is 5. The van der Waals surface area contributed by atoms with E-state index >= 15 is 0 Å².